The second kappa shape index (κ2) is 12.2. The summed E-state index contributed by atoms with van der Waals surface area (Å²) in [6.07, 6.45) is 2.97. The Hall–Kier alpha value is -2.80. The molecule has 4 rings (SSSR count). The number of sulfonamides is 1. The number of benzene rings is 1. The van der Waals surface area contributed by atoms with Crippen molar-refractivity contribution in [2.24, 2.45) is 0 Å². The second-order valence-electron chi connectivity index (χ2n) is 9.14. The molecule has 0 radical (unpaired) electrons. The number of aromatic amines is 1. The summed E-state index contributed by atoms with van der Waals surface area (Å²) in [4.78, 5) is 22.6. The van der Waals surface area contributed by atoms with Gasteiger partial charge in [0.1, 0.15) is 11.6 Å². The molecule has 1 saturated heterocycles. The van der Waals surface area contributed by atoms with Gasteiger partial charge in [0.15, 0.2) is 11.3 Å². The molecular weight excluding hydrogens is 496 g/mol. The number of aromatic nitrogens is 4. The third-order valence-electron chi connectivity index (χ3n) is 6.24. The van der Waals surface area contributed by atoms with Crippen LogP contribution in [-0.2, 0) is 21.2 Å². The van der Waals surface area contributed by atoms with E-state index in [4.69, 9.17) is 9.47 Å². The van der Waals surface area contributed by atoms with Crippen molar-refractivity contribution >= 4 is 15.5 Å². The van der Waals surface area contributed by atoms with Crippen LogP contribution in [0.4, 0.5) is 0 Å². The molecule has 1 aliphatic heterocycles. The molecular formula is C25H36N6O5S. The number of nitrogens with zero attached hydrogens (tertiary/aromatic N) is 4. The van der Waals surface area contributed by atoms with Gasteiger partial charge in [-0.2, -0.15) is 0 Å². The van der Waals surface area contributed by atoms with E-state index in [2.05, 4.69) is 24.7 Å². The van der Waals surface area contributed by atoms with E-state index >= 15 is 0 Å². The number of hydrogen-bond acceptors (Lipinski definition) is 8. The molecule has 0 unspecified atom stereocenters. The monoisotopic (exact) mass is 532 g/mol. The minimum atomic E-state index is -3.78. The lowest BCUT2D eigenvalue weighted by Crippen LogP contribution is -2.38. The number of fused-ring (bicyclic) bond motifs is 1. The lowest BCUT2D eigenvalue weighted by Gasteiger charge is -2.26. The van der Waals surface area contributed by atoms with Gasteiger partial charge >= 0.3 is 0 Å². The smallest absolute Gasteiger partial charge is 0.277 e. The van der Waals surface area contributed by atoms with Crippen LogP contribution in [-0.4, -0.2) is 78.9 Å². The van der Waals surface area contributed by atoms with Gasteiger partial charge < -0.3 is 14.5 Å². The Morgan fingerprint density at radius 2 is 1.97 bits per heavy atom. The predicted octanol–water partition coefficient (Wildman–Crippen LogP) is 2.13. The highest BCUT2D eigenvalue weighted by atomic mass is 32.2. The number of H-pyrrole nitrogens is 1. The van der Waals surface area contributed by atoms with Crippen LogP contribution >= 0.6 is 0 Å². The fraction of sp³-hybridized carbons (Fsp3) is 0.560. The zero-order chi connectivity index (χ0) is 26.4. The minimum absolute atomic E-state index is 0.0797. The maximum absolute atomic E-state index is 13.1. The first-order valence-electron chi connectivity index (χ1n) is 12.9. The molecule has 37 heavy (non-hydrogen) atoms. The average Bonchev–Trinajstić information content (AvgIpc) is 3.21. The van der Waals surface area contributed by atoms with Crippen molar-refractivity contribution in [3.05, 3.63) is 40.1 Å². The quantitative estimate of drug-likeness (QED) is 0.339. The lowest BCUT2D eigenvalue weighted by atomic mass is 10.2. The molecule has 0 atom stereocenters. The maximum atomic E-state index is 13.1. The van der Waals surface area contributed by atoms with Crippen molar-refractivity contribution < 1.29 is 17.9 Å². The number of rotatable bonds is 12. The highest BCUT2D eigenvalue weighted by molar-refractivity contribution is 7.89. The van der Waals surface area contributed by atoms with Crippen molar-refractivity contribution in [1.29, 1.82) is 0 Å². The van der Waals surface area contributed by atoms with Gasteiger partial charge in [0.2, 0.25) is 10.0 Å². The number of imidazole rings is 1. The SMILES string of the molecule is CCCOc1ccc(S(=O)(=O)NCCCN2CCOCC2)cc1-c1nn2c(CCC)nc(C)c2c(=O)[nH]1. The zero-order valence-corrected chi connectivity index (χ0v) is 22.6. The molecule has 1 fully saturated rings. The Morgan fingerprint density at radius 3 is 2.70 bits per heavy atom. The first kappa shape index (κ1) is 27.2. The van der Waals surface area contributed by atoms with Crippen LogP contribution in [0.25, 0.3) is 16.9 Å². The maximum Gasteiger partial charge on any atom is 0.277 e. The van der Waals surface area contributed by atoms with Crippen molar-refractivity contribution in [2.75, 3.05) is 46.0 Å². The first-order valence-corrected chi connectivity index (χ1v) is 14.4. The van der Waals surface area contributed by atoms with Gasteiger partial charge in [-0.25, -0.2) is 22.6 Å². The summed E-state index contributed by atoms with van der Waals surface area (Å²) in [5.41, 5.74) is 1.04. The molecule has 0 amide bonds. The van der Waals surface area contributed by atoms with Crippen LogP contribution in [0.5, 0.6) is 5.75 Å². The molecule has 3 aromatic rings. The van der Waals surface area contributed by atoms with Crippen molar-refractivity contribution in [3.63, 3.8) is 0 Å². The Balaban J connectivity index is 1.63. The summed E-state index contributed by atoms with van der Waals surface area (Å²) in [5.74, 6) is 1.36. The molecule has 3 heterocycles. The number of morpholine rings is 1. The van der Waals surface area contributed by atoms with Crippen molar-refractivity contribution in [2.45, 2.75) is 51.3 Å². The summed E-state index contributed by atoms with van der Waals surface area (Å²) in [7, 11) is -3.78. The fourth-order valence-electron chi connectivity index (χ4n) is 4.36. The standard InChI is InChI=1S/C25H36N6O5S/c1-4-7-22-27-18(3)23-25(32)28-24(29-31(22)23)20-17-19(8-9-21(20)36-14-5-2)37(33,34)26-10-6-11-30-12-15-35-16-13-30/h8-9,17,26H,4-7,10-16H2,1-3H3,(H,28,29,32). The van der Waals surface area contributed by atoms with Crippen LogP contribution in [0.15, 0.2) is 27.9 Å². The molecule has 1 aromatic carbocycles. The highest BCUT2D eigenvalue weighted by Gasteiger charge is 2.21. The fourth-order valence-corrected chi connectivity index (χ4v) is 5.46. The molecule has 0 bridgehead atoms. The van der Waals surface area contributed by atoms with Crippen LogP contribution in [0.2, 0.25) is 0 Å². The Bertz CT molecular complexity index is 1380. The van der Waals surface area contributed by atoms with E-state index in [0.29, 0.717) is 67.6 Å². The first-order chi connectivity index (χ1) is 17.8. The van der Waals surface area contributed by atoms with E-state index in [1.54, 1.807) is 17.5 Å². The number of ether oxygens (including phenoxy) is 2. The van der Waals surface area contributed by atoms with Crippen molar-refractivity contribution in [3.8, 4) is 17.1 Å². The van der Waals surface area contributed by atoms with Crippen molar-refractivity contribution in [1.82, 2.24) is 29.2 Å². The molecule has 2 N–H and O–H groups in total. The van der Waals surface area contributed by atoms with Gasteiger partial charge in [-0.15, -0.1) is 5.10 Å². The second-order valence-corrected chi connectivity index (χ2v) is 10.9. The Morgan fingerprint density at radius 1 is 1.19 bits per heavy atom. The van der Waals surface area contributed by atoms with Gasteiger partial charge in [-0.05, 0) is 50.9 Å². The van der Waals surface area contributed by atoms with Crippen LogP contribution in [0.3, 0.4) is 0 Å². The Labute approximate surface area is 217 Å². The van der Waals surface area contributed by atoms with Gasteiger partial charge in [0, 0.05) is 26.1 Å². The van der Waals surface area contributed by atoms with Gasteiger partial charge in [-0.3, -0.25) is 9.69 Å². The number of aryl methyl sites for hydroxylation is 2. The van der Waals surface area contributed by atoms with E-state index in [-0.39, 0.29) is 16.3 Å². The topological polar surface area (TPSA) is 131 Å². The zero-order valence-electron chi connectivity index (χ0n) is 21.7. The van der Waals surface area contributed by atoms with Crippen LogP contribution in [0.1, 0.15) is 44.6 Å². The summed E-state index contributed by atoms with van der Waals surface area (Å²) in [6, 6.07) is 4.63. The van der Waals surface area contributed by atoms with Gasteiger partial charge in [0.05, 0.1) is 36.0 Å². The summed E-state index contributed by atoms with van der Waals surface area (Å²) in [5, 5.41) is 4.65. The van der Waals surface area contributed by atoms with E-state index in [0.717, 1.165) is 32.5 Å². The summed E-state index contributed by atoms with van der Waals surface area (Å²) >= 11 is 0. The average molecular weight is 533 g/mol. The molecule has 11 nitrogen and oxygen atoms in total. The lowest BCUT2D eigenvalue weighted by molar-refractivity contribution is 0.0376. The summed E-state index contributed by atoms with van der Waals surface area (Å²) < 4.78 is 41.7. The minimum Gasteiger partial charge on any atom is -0.493 e. The molecule has 0 saturated carbocycles. The number of nitrogens with one attached hydrogen (secondary N) is 2. The molecule has 0 spiro atoms. The van der Waals surface area contributed by atoms with Gasteiger partial charge in [0.25, 0.3) is 5.56 Å². The molecule has 12 heteroatoms. The van der Waals surface area contributed by atoms with Crippen LogP contribution < -0.4 is 15.0 Å². The van der Waals surface area contributed by atoms with Crippen LogP contribution in [0, 0.1) is 6.92 Å². The molecule has 2 aromatic heterocycles. The summed E-state index contributed by atoms with van der Waals surface area (Å²) in [6.45, 7) is 10.5. The largest absolute Gasteiger partial charge is 0.493 e. The van der Waals surface area contributed by atoms with Gasteiger partial charge in [-0.1, -0.05) is 13.8 Å². The molecule has 202 valence electrons. The Kier molecular flexibility index (Phi) is 8.95. The normalized spacial score (nSPS) is 14.9. The van der Waals surface area contributed by atoms with E-state index < -0.39 is 10.0 Å². The van der Waals surface area contributed by atoms with E-state index in [1.165, 1.54) is 12.1 Å². The number of hydrogen-bond donors (Lipinski definition) is 2. The highest BCUT2D eigenvalue weighted by Crippen LogP contribution is 2.30. The molecule has 1 aliphatic rings. The van der Waals surface area contributed by atoms with E-state index in [9.17, 15) is 13.2 Å². The third kappa shape index (κ3) is 6.38. The molecule has 0 aliphatic carbocycles. The predicted molar refractivity (Wildman–Crippen MR) is 141 cm³/mol. The third-order valence-corrected chi connectivity index (χ3v) is 7.70. The van der Waals surface area contributed by atoms with E-state index in [1.807, 2.05) is 13.8 Å².